The van der Waals surface area contributed by atoms with Crippen LogP contribution in [0, 0.1) is 23.7 Å². The van der Waals surface area contributed by atoms with E-state index in [1.165, 1.54) is 11.1 Å². The van der Waals surface area contributed by atoms with Crippen LogP contribution >= 0.6 is 10.2 Å². The molecule has 228 valence electrons. The molecule has 1 aromatic carbocycles. The van der Waals surface area contributed by atoms with E-state index in [0.29, 0.717) is 53.8 Å². The number of nitrogens with zero attached hydrogens (tertiary/aromatic N) is 3. The van der Waals surface area contributed by atoms with Crippen molar-refractivity contribution in [1.82, 2.24) is 5.01 Å². The molecule has 0 aliphatic heterocycles. The molecule has 1 rings (SSSR count). The number of terminal acetylenes is 1. The number of ether oxygens (including phenoxy) is 1. The highest BCUT2D eigenvalue weighted by molar-refractivity contribution is 8.45. The molecule has 0 radical (unpaired) electrons. The van der Waals surface area contributed by atoms with Gasteiger partial charge in [0.1, 0.15) is 28.0 Å². The minimum absolute atomic E-state index is 0.0266. The first-order valence-electron chi connectivity index (χ1n) is 13.4. The smallest absolute Gasteiger partial charge is 0.310 e. The number of amidine groups is 2. The van der Waals surface area contributed by atoms with Gasteiger partial charge in [0.2, 0.25) is 0 Å². The van der Waals surface area contributed by atoms with Crippen molar-refractivity contribution in [3.63, 3.8) is 0 Å². The molecule has 0 unspecified atom stereocenters. The number of aliphatic imine (C=N–C) groups is 1. The summed E-state index contributed by atoms with van der Waals surface area (Å²) in [5, 5.41) is 13.5. The van der Waals surface area contributed by atoms with Gasteiger partial charge in [0.05, 0.1) is 6.61 Å². The van der Waals surface area contributed by atoms with E-state index in [2.05, 4.69) is 36.4 Å². The molecular weight excluding hydrogens is 547 g/mol. The second kappa shape index (κ2) is 15.2. The zero-order valence-corrected chi connectivity index (χ0v) is 25.6. The molecule has 11 heteroatoms. The SMILES string of the molecule is C#C/C(CC(CC)CC)=N\N(C(C)=N)C(C)=NC.C=C(CC)c1cc(OCCCCC)cc(S(F)(F)(F)(F)F)c1. The summed E-state index contributed by atoms with van der Waals surface area (Å²) >= 11 is 0. The lowest BCUT2D eigenvalue weighted by molar-refractivity contribution is 0.303. The Bertz CT molecular complexity index is 1100. The van der Waals surface area contributed by atoms with Crippen LogP contribution < -0.4 is 4.74 Å². The van der Waals surface area contributed by atoms with Gasteiger partial charge < -0.3 is 4.74 Å². The lowest BCUT2D eigenvalue weighted by Gasteiger charge is -2.40. The van der Waals surface area contributed by atoms with Crippen molar-refractivity contribution < 1.29 is 24.2 Å². The maximum Gasteiger partial charge on any atom is 0.310 e. The largest absolute Gasteiger partial charge is 0.494 e. The Balaban J connectivity index is 0.000000778. The van der Waals surface area contributed by atoms with Gasteiger partial charge in [-0.05, 0) is 55.9 Å². The van der Waals surface area contributed by atoms with Crippen molar-refractivity contribution in [2.24, 2.45) is 16.0 Å². The van der Waals surface area contributed by atoms with Crippen LogP contribution in [0.2, 0.25) is 0 Å². The summed E-state index contributed by atoms with van der Waals surface area (Å²) in [5.41, 5.74) is 1.05. The number of halogens is 5. The summed E-state index contributed by atoms with van der Waals surface area (Å²) in [6, 6.07) is 2.15. The molecule has 0 saturated heterocycles. The molecule has 0 heterocycles. The molecule has 0 amide bonds. The van der Waals surface area contributed by atoms with Gasteiger partial charge in [0.15, 0.2) is 0 Å². The average molecular weight is 593 g/mol. The number of unbranched alkanes of at least 4 members (excludes halogenated alkanes) is 2. The highest BCUT2D eigenvalue weighted by Crippen LogP contribution is 3.02. The maximum absolute atomic E-state index is 13.0. The monoisotopic (exact) mass is 592 g/mol. The Labute approximate surface area is 237 Å². The number of hydrazone groups is 1. The van der Waals surface area contributed by atoms with Crippen LogP contribution in [-0.4, -0.2) is 36.0 Å². The van der Waals surface area contributed by atoms with Gasteiger partial charge in [-0.25, -0.2) is 5.01 Å². The highest BCUT2D eigenvalue weighted by Gasteiger charge is 2.65. The summed E-state index contributed by atoms with van der Waals surface area (Å²) in [4.78, 5) is 2.11. The third kappa shape index (κ3) is 13.5. The quantitative estimate of drug-likeness (QED) is 0.0618. The number of benzene rings is 1. The summed E-state index contributed by atoms with van der Waals surface area (Å²) in [7, 11) is -8.07. The van der Waals surface area contributed by atoms with Crippen LogP contribution in [-0.2, 0) is 0 Å². The first-order chi connectivity index (χ1) is 18.4. The minimum Gasteiger partial charge on any atom is -0.494 e. The molecule has 0 aliphatic carbocycles. The Morgan fingerprint density at radius 1 is 1.07 bits per heavy atom. The number of hydrogen-bond donors (Lipinski definition) is 1. The van der Waals surface area contributed by atoms with Crippen LogP contribution in [0.5, 0.6) is 5.75 Å². The van der Waals surface area contributed by atoms with Crippen molar-refractivity contribution in [3.05, 3.63) is 30.3 Å². The van der Waals surface area contributed by atoms with Crippen LogP contribution in [0.15, 0.2) is 39.8 Å². The van der Waals surface area contributed by atoms with Crippen LogP contribution in [0.1, 0.15) is 92.1 Å². The lowest BCUT2D eigenvalue weighted by atomic mass is 9.97. The topological polar surface area (TPSA) is 61.0 Å². The molecule has 1 N–H and O–H groups in total. The van der Waals surface area contributed by atoms with Crippen LogP contribution in [0.4, 0.5) is 19.4 Å². The maximum atomic E-state index is 13.0. The Morgan fingerprint density at radius 2 is 1.68 bits per heavy atom. The summed E-state index contributed by atoms with van der Waals surface area (Å²) in [6.07, 6.45) is 11.2. The second-order valence-corrected chi connectivity index (χ2v) is 11.8. The van der Waals surface area contributed by atoms with Crippen molar-refractivity contribution >= 4 is 33.2 Å². The molecule has 0 spiro atoms. The van der Waals surface area contributed by atoms with E-state index in [0.717, 1.165) is 32.1 Å². The predicted octanol–water partition coefficient (Wildman–Crippen LogP) is 10.5. The van der Waals surface area contributed by atoms with Crippen molar-refractivity contribution in [2.45, 2.75) is 91.4 Å². The zero-order chi connectivity index (χ0) is 31.2. The third-order valence-corrected chi connectivity index (χ3v) is 7.28. The van der Waals surface area contributed by atoms with Gasteiger partial charge in [-0.3, -0.25) is 10.4 Å². The molecule has 0 bridgehead atoms. The zero-order valence-electron chi connectivity index (χ0n) is 24.8. The van der Waals surface area contributed by atoms with Crippen molar-refractivity contribution in [3.8, 4) is 18.1 Å². The fourth-order valence-electron chi connectivity index (χ4n) is 3.41. The first kappa shape index (κ1) is 37.1. The van der Waals surface area contributed by atoms with Gasteiger partial charge in [-0.1, -0.05) is 85.3 Å². The molecule has 0 aromatic heterocycles. The van der Waals surface area contributed by atoms with Gasteiger partial charge >= 0.3 is 10.2 Å². The van der Waals surface area contributed by atoms with Crippen molar-refractivity contribution in [1.29, 1.82) is 5.41 Å². The number of rotatable bonds is 13. The minimum atomic E-state index is -9.74. The highest BCUT2D eigenvalue weighted by atomic mass is 32.5. The van der Waals surface area contributed by atoms with Gasteiger partial charge in [-0.2, -0.15) is 5.10 Å². The van der Waals surface area contributed by atoms with E-state index in [4.69, 9.17) is 16.6 Å². The number of hydrogen-bond acceptors (Lipinski definition) is 4. The standard InChI is InChI=1S/C15H21F5OS.C14H24N4/c1-4-6-7-8-21-14-9-13(12(3)5-2)10-15(11-14)22(16,17,18,19)20;1-7-13(8-2)10-14(9-3)17-18(11(4)15)12(5)16-6/h9-11H,3-8H2,1-2H3;3,13,15H,7-8,10H2,1-2,4-6H3/b;15-11?,16-12?,17-14+. The van der Waals surface area contributed by atoms with Gasteiger partial charge in [0, 0.05) is 19.5 Å². The predicted molar refractivity (Wildman–Crippen MR) is 161 cm³/mol. The molecular formula is C29H45F5N4OS. The normalized spacial score (nSPS) is 13.9. The Hall–Kier alpha value is -2.87. The van der Waals surface area contributed by atoms with E-state index in [1.807, 2.05) is 13.8 Å². The average Bonchev–Trinajstić information content (AvgIpc) is 2.89. The van der Waals surface area contributed by atoms with E-state index in [-0.39, 0.29) is 17.9 Å². The number of nitrogens with one attached hydrogen (secondary N) is 1. The fraction of sp³-hybridized carbons (Fsp3) is 0.552. The third-order valence-electron chi connectivity index (χ3n) is 6.15. The second-order valence-electron chi connectivity index (χ2n) is 9.42. The molecule has 0 aliphatic rings. The Morgan fingerprint density at radius 3 is 2.10 bits per heavy atom. The molecule has 5 nitrogen and oxygen atoms in total. The molecule has 0 saturated carbocycles. The molecule has 0 atom stereocenters. The van der Waals surface area contributed by atoms with E-state index in [9.17, 15) is 19.4 Å². The molecule has 40 heavy (non-hydrogen) atoms. The van der Waals surface area contributed by atoms with Crippen LogP contribution in [0.3, 0.4) is 0 Å². The first-order valence-corrected chi connectivity index (χ1v) is 15.3. The van der Waals surface area contributed by atoms with Crippen LogP contribution in [0.25, 0.3) is 5.57 Å². The molecule has 0 fully saturated rings. The van der Waals surface area contributed by atoms with E-state index >= 15 is 0 Å². The summed E-state index contributed by atoms with van der Waals surface area (Å²) in [5.74, 6) is 3.95. The van der Waals surface area contributed by atoms with Crippen molar-refractivity contribution in [2.75, 3.05) is 13.7 Å². The van der Waals surface area contributed by atoms with Gasteiger partial charge in [0.25, 0.3) is 0 Å². The fourth-order valence-corrected chi connectivity index (χ4v) is 4.10. The molecule has 1 aromatic rings. The van der Waals surface area contributed by atoms with Gasteiger partial charge in [-0.15, -0.1) is 6.42 Å². The lowest BCUT2D eigenvalue weighted by Crippen LogP contribution is -2.29. The number of allylic oxidation sites excluding steroid dienone is 1. The Kier molecular flexibility index (Phi) is 14.1. The van der Waals surface area contributed by atoms with E-state index in [1.54, 1.807) is 20.9 Å². The summed E-state index contributed by atoms with van der Waals surface area (Å²) in [6.45, 7) is 15.2. The summed E-state index contributed by atoms with van der Waals surface area (Å²) < 4.78 is 70.4. The van der Waals surface area contributed by atoms with E-state index < -0.39 is 15.1 Å².